The first-order valence-electron chi connectivity index (χ1n) is 5.61. The van der Waals surface area contributed by atoms with Crippen molar-refractivity contribution in [2.45, 2.75) is 26.0 Å². The molecule has 0 aromatic heterocycles. The first-order valence-corrected chi connectivity index (χ1v) is 5.61. The zero-order valence-electron chi connectivity index (χ0n) is 11.0. The third kappa shape index (κ3) is 3.33. The van der Waals surface area contributed by atoms with E-state index in [2.05, 4.69) is 5.32 Å². The van der Waals surface area contributed by atoms with Crippen molar-refractivity contribution in [2.24, 2.45) is 0 Å². The van der Waals surface area contributed by atoms with E-state index in [1.165, 1.54) is 13.2 Å². The minimum atomic E-state index is -0.435. The van der Waals surface area contributed by atoms with Gasteiger partial charge in [0.05, 0.1) is 24.2 Å². The second-order valence-corrected chi connectivity index (χ2v) is 4.01. The average Bonchev–Trinajstić information content (AvgIpc) is 2.37. The molecule has 0 radical (unpaired) electrons. The number of hydrogen-bond donors (Lipinski definition) is 1. The van der Waals surface area contributed by atoms with E-state index in [1.54, 1.807) is 19.2 Å². The molecule has 0 heterocycles. The summed E-state index contributed by atoms with van der Waals surface area (Å²) in [5, 5.41) is 14.1. The van der Waals surface area contributed by atoms with Gasteiger partial charge in [-0.25, -0.2) is 0 Å². The van der Waals surface area contributed by atoms with Crippen LogP contribution < -0.4 is 10.1 Å². The predicted octanol–water partition coefficient (Wildman–Crippen LogP) is 2.44. The normalized spacial score (nSPS) is 13.8. The molecule has 6 heteroatoms. The molecule has 1 aromatic carbocycles. The monoisotopic (exact) mass is 254 g/mol. The van der Waals surface area contributed by atoms with E-state index in [1.807, 2.05) is 13.8 Å². The van der Waals surface area contributed by atoms with E-state index in [-0.39, 0.29) is 17.8 Å². The Morgan fingerprint density at radius 3 is 2.50 bits per heavy atom. The lowest BCUT2D eigenvalue weighted by molar-refractivity contribution is -0.384. The van der Waals surface area contributed by atoms with E-state index in [0.717, 1.165) is 0 Å². The van der Waals surface area contributed by atoms with Gasteiger partial charge in [-0.15, -0.1) is 0 Å². The summed E-state index contributed by atoms with van der Waals surface area (Å²) in [5.41, 5.74) is 0.446. The Kier molecular flexibility index (Phi) is 4.91. The Morgan fingerprint density at radius 1 is 1.33 bits per heavy atom. The van der Waals surface area contributed by atoms with Crippen molar-refractivity contribution < 1.29 is 14.4 Å². The van der Waals surface area contributed by atoms with E-state index < -0.39 is 4.92 Å². The highest BCUT2D eigenvalue weighted by molar-refractivity contribution is 5.64. The fourth-order valence-electron chi connectivity index (χ4n) is 1.48. The summed E-state index contributed by atoms with van der Waals surface area (Å²) in [5.74, 6) is 0.458. The molecular formula is C12H18N2O4. The summed E-state index contributed by atoms with van der Waals surface area (Å²) >= 11 is 0. The van der Waals surface area contributed by atoms with Gasteiger partial charge in [-0.2, -0.15) is 0 Å². The van der Waals surface area contributed by atoms with Crippen LogP contribution in [0, 0.1) is 10.1 Å². The standard InChI is InChI=1S/C12H18N2O4/c1-8(9(2)17-3)13-11-6-5-10(18-4)7-12(11)14(15)16/h5-9,13H,1-4H3. The number of rotatable bonds is 6. The quantitative estimate of drug-likeness (QED) is 0.623. The lowest BCUT2D eigenvalue weighted by Gasteiger charge is -2.21. The molecule has 0 bridgehead atoms. The zero-order chi connectivity index (χ0) is 13.7. The minimum absolute atomic E-state index is 0.00972. The fourth-order valence-corrected chi connectivity index (χ4v) is 1.48. The van der Waals surface area contributed by atoms with Crippen molar-refractivity contribution in [2.75, 3.05) is 19.5 Å². The van der Waals surface area contributed by atoms with E-state index in [0.29, 0.717) is 11.4 Å². The van der Waals surface area contributed by atoms with Crippen LogP contribution in [0.5, 0.6) is 5.75 Å². The maximum absolute atomic E-state index is 11.0. The molecule has 1 aromatic rings. The van der Waals surface area contributed by atoms with Gasteiger partial charge in [0, 0.05) is 13.2 Å². The van der Waals surface area contributed by atoms with Gasteiger partial charge in [0.1, 0.15) is 11.4 Å². The minimum Gasteiger partial charge on any atom is -0.496 e. The largest absolute Gasteiger partial charge is 0.496 e. The third-order valence-corrected chi connectivity index (χ3v) is 2.86. The maximum atomic E-state index is 11.0. The van der Waals surface area contributed by atoms with Crippen molar-refractivity contribution in [1.82, 2.24) is 0 Å². The van der Waals surface area contributed by atoms with Crippen molar-refractivity contribution in [3.8, 4) is 5.75 Å². The highest BCUT2D eigenvalue weighted by Crippen LogP contribution is 2.29. The molecule has 0 spiro atoms. The number of methoxy groups -OCH3 is 2. The molecule has 0 aliphatic carbocycles. The number of benzene rings is 1. The maximum Gasteiger partial charge on any atom is 0.296 e. The Hall–Kier alpha value is -1.82. The van der Waals surface area contributed by atoms with Gasteiger partial charge in [-0.3, -0.25) is 10.1 Å². The number of hydrogen-bond acceptors (Lipinski definition) is 5. The molecule has 1 N–H and O–H groups in total. The summed E-state index contributed by atoms with van der Waals surface area (Å²) in [6, 6.07) is 4.67. The van der Waals surface area contributed by atoms with Crippen LogP contribution in [0.4, 0.5) is 11.4 Å². The van der Waals surface area contributed by atoms with E-state index in [4.69, 9.17) is 9.47 Å². The molecular weight excluding hydrogens is 236 g/mol. The van der Waals surface area contributed by atoms with Crippen molar-refractivity contribution in [3.05, 3.63) is 28.3 Å². The van der Waals surface area contributed by atoms with Crippen molar-refractivity contribution in [1.29, 1.82) is 0 Å². The summed E-state index contributed by atoms with van der Waals surface area (Å²) in [6.07, 6.45) is -0.0493. The lowest BCUT2D eigenvalue weighted by atomic mass is 10.2. The van der Waals surface area contributed by atoms with Crippen LogP contribution in [0.3, 0.4) is 0 Å². The Bertz CT molecular complexity index is 423. The van der Waals surface area contributed by atoms with Gasteiger partial charge in [0.2, 0.25) is 0 Å². The topological polar surface area (TPSA) is 73.6 Å². The summed E-state index contributed by atoms with van der Waals surface area (Å²) < 4.78 is 10.1. The molecule has 100 valence electrons. The lowest BCUT2D eigenvalue weighted by Crippen LogP contribution is -2.29. The summed E-state index contributed by atoms with van der Waals surface area (Å²) in [4.78, 5) is 10.6. The molecule has 1 rings (SSSR count). The summed E-state index contributed by atoms with van der Waals surface area (Å²) in [7, 11) is 3.08. The van der Waals surface area contributed by atoms with Crippen LogP contribution in [-0.2, 0) is 4.74 Å². The number of nitrogens with zero attached hydrogens (tertiary/aromatic N) is 1. The molecule has 0 amide bonds. The molecule has 0 saturated carbocycles. The zero-order valence-corrected chi connectivity index (χ0v) is 11.0. The highest BCUT2D eigenvalue weighted by Gasteiger charge is 2.19. The smallest absolute Gasteiger partial charge is 0.296 e. The SMILES string of the molecule is COc1ccc(NC(C)C(C)OC)c([N+](=O)[O-])c1. The number of nitrogens with one attached hydrogen (secondary N) is 1. The number of ether oxygens (including phenoxy) is 2. The second kappa shape index (κ2) is 6.20. The van der Waals surface area contributed by atoms with Crippen LogP contribution in [0.25, 0.3) is 0 Å². The molecule has 6 nitrogen and oxygen atoms in total. The molecule has 0 aliphatic rings. The molecule has 18 heavy (non-hydrogen) atoms. The van der Waals surface area contributed by atoms with Gasteiger partial charge < -0.3 is 14.8 Å². The van der Waals surface area contributed by atoms with Gasteiger partial charge in [0.15, 0.2) is 0 Å². The average molecular weight is 254 g/mol. The molecule has 0 saturated heterocycles. The van der Waals surface area contributed by atoms with Gasteiger partial charge >= 0.3 is 0 Å². The van der Waals surface area contributed by atoms with Crippen molar-refractivity contribution >= 4 is 11.4 Å². The van der Waals surface area contributed by atoms with Gasteiger partial charge in [-0.1, -0.05) is 0 Å². The van der Waals surface area contributed by atoms with Crippen LogP contribution in [0.1, 0.15) is 13.8 Å². The molecule has 0 aliphatic heterocycles. The number of anilines is 1. The first-order chi connectivity index (χ1) is 8.49. The summed E-state index contributed by atoms with van der Waals surface area (Å²) in [6.45, 7) is 3.80. The van der Waals surface area contributed by atoms with Crippen LogP contribution in [0.2, 0.25) is 0 Å². The van der Waals surface area contributed by atoms with Gasteiger partial charge in [0.25, 0.3) is 5.69 Å². The Labute approximate surface area is 106 Å². The first kappa shape index (κ1) is 14.2. The number of nitro benzene ring substituents is 1. The molecule has 2 unspecified atom stereocenters. The fraction of sp³-hybridized carbons (Fsp3) is 0.500. The van der Waals surface area contributed by atoms with Crippen LogP contribution in [-0.4, -0.2) is 31.3 Å². The van der Waals surface area contributed by atoms with E-state index >= 15 is 0 Å². The molecule has 0 fully saturated rings. The van der Waals surface area contributed by atoms with Crippen LogP contribution in [0.15, 0.2) is 18.2 Å². The Morgan fingerprint density at radius 2 is 2.00 bits per heavy atom. The second-order valence-electron chi connectivity index (χ2n) is 4.01. The van der Waals surface area contributed by atoms with Gasteiger partial charge in [-0.05, 0) is 26.0 Å². The van der Waals surface area contributed by atoms with E-state index in [9.17, 15) is 10.1 Å². The molecule has 2 atom stereocenters. The van der Waals surface area contributed by atoms with Crippen LogP contribution >= 0.6 is 0 Å². The van der Waals surface area contributed by atoms with Crippen molar-refractivity contribution in [3.63, 3.8) is 0 Å². The predicted molar refractivity (Wildman–Crippen MR) is 69.2 cm³/mol. The highest BCUT2D eigenvalue weighted by atomic mass is 16.6. The number of nitro groups is 1. The third-order valence-electron chi connectivity index (χ3n) is 2.86. The Balaban J connectivity index is 2.97.